The summed E-state index contributed by atoms with van der Waals surface area (Å²) in [6.45, 7) is 1.41. The summed E-state index contributed by atoms with van der Waals surface area (Å²) in [5.41, 5.74) is -0.626. The Morgan fingerprint density at radius 3 is 2.62 bits per heavy atom. The molecule has 26 heavy (non-hydrogen) atoms. The molecule has 0 unspecified atom stereocenters. The molecule has 1 aromatic heterocycles. The van der Waals surface area contributed by atoms with Crippen molar-refractivity contribution in [2.75, 3.05) is 37.8 Å². The number of nitrogens with zero attached hydrogens (tertiary/aromatic N) is 2. The molecule has 1 heterocycles. The van der Waals surface area contributed by atoms with Gasteiger partial charge in [-0.2, -0.15) is 13.2 Å². The van der Waals surface area contributed by atoms with Gasteiger partial charge in [-0.3, -0.25) is 9.78 Å². The van der Waals surface area contributed by atoms with Crippen molar-refractivity contribution in [3.63, 3.8) is 0 Å². The van der Waals surface area contributed by atoms with Crippen molar-refractivity contribution >= 4 is 28.9 Å². The van der Waals surface area contributed by atoms with Crippen molar-refractivity contribution in [3.05, 3.63) is 52.8 Å². The average Bonchev–Trinajstić information content (AvgIpc) is 2.55. The Labute approximate surface area is 154 Å². The Morgan fingerprint density at radius 1 is 1.23 bits per heavy atom. The highest BCUT2D eigenvalue weighted by atomic mass is 35.5. The van der Waals surface area contributed by atoms with Gasteiger partial charge in [0, 0.05) is 30.5 Å². The van der Waals surface area contributed by atoms with Gasteiger partial charge < -0.3 is 15.5 Å². The van der Waals surface area contributed by atoms with Crippen LogP contribution < -0.4 is 10.6 Å². The van der Waals surface area contributed by atoms with Gasteiger partial charge in [0.25, 0.3) is 5.91 Å². The fourth-order valence-corrected chi connectivity index (χ4v) is 2.31. The molecule has 1 amide bonds. The maximum Gasteiger partial charge on any atom is 0.418 e. The fourth-order valence-electron chi connectivity index (χ4n) is 2.14. The SMILES string of the molecule is CN(C)CCNc1cncc(C(=O)Nc2ccc(Cl)cc2C(F)(F)F)c1. The van der Waals surface area contributed by atoms with Gasteiger partial charge in [-0.05, 0) is 38.4 Å². The lowest BCUT2D eigenvalue weighted by atomic mass is 10.1. The van der Waals surface area contributed by atoms with E-state index in [0.29, 0.717) is 12.2 Å². The molecule has 1 aromatic carbocycles. The highest BCUT2D eigenvalue weighted by Gasteiger charge is 2.34. The number of likely N-dealkylation sites (N-methyl/N-ethyl adjacent to an activating group) is 1. The Hall–Kier alpha value is -2.32. The summed E-state index contributed by atoms with van der Waals surface area (Å²) in [6, 6.07) is 4.70. The molecule has 0 radical (unpaired) electrons. The number of pyridine rings is 1. The number of halogens is 4. The molecular weight excluding hydrogens is 369 g/mol. The third kappa shape index (κ3) is 5.60. The first kappa shape index (κ1) is 20.0. The second-order valence-corrected chi connectivity index (χ2v) is 6.27. The third-order valence-corrected chi connectivity index (χ3v) is 3.66. The number of rotatable bonds is 6. The van der Waals surface area contributed by atoms with Crippen LogP contribution in [0.5, 0.6) is 0 Å². The molecule has 0 aliphatic heterocycles. The lowest BCUT2D eigenvalue weighted by molar-refractivity contribution is -0.136. The number of carbonyl (C=O) groups excluding carboxylic acids is 1. The van der Waals surface area contributed by atoms with Crippen molar-refractivity contribution in [1.29, 1.82) is 0 Å². The summed E-state index contributed by atoms with van der Waals surface area (Å²) in [7, 11) is 3.85. The average molecular weight is 387 g/mol. The second kappa shape index (κ2) is 8.37. The van der Waals surface area contributed by atoms with Gasteiger partial charge in [0.15, 0.2) is 0 Å². The van der Waals surface area contributed by atoms with E-state index in [1.165, 1.54) is 24.5 Å². The van der Waals surface area contributed by atoms with E-state index in [1.807, 2.05) is 19.0 Å². The minimum Gasteiger partial charge on any atom is -0.382 e. The Morgan fingerprint density at radius 2 is 1.96 bits per heavy atom. The normalized spacial score (nSPS) is 11.5. The van der Waals surface area contributed by atoms with Crippen molar-refractivity contribution in [2.24, 2.45) is 0 Å². The van der Waals surface area contributed by atoms with Gasteiger partial charge in [-0.15, -0.1) is 0 Å². The highest BCUT2D eigenvalue weighted by molar-refractivity contribution is 6.30. The predicted octanol–water partition coefficient (Wildman–Crippen LogP) is 3.98. The number of hydrogen-bond donors (Lipinski definition) is 2. The van der Waals surface area contributed by atoms with Gasteiger partial charge in [-0.25, -0.2) is 0 Å². The number of alkyl halides is 3. The summed E-state index contributed by atoms with van der Waals surface area (Å²) in [5, 5.41) is 5.30. The Balaban J connectivity index is 2.16. The van der Waals surface area contributed by atoms with E-state index >= 15 is 0 Å². The zero-order valence-corrected chi connectivity index (χ0v) is 14.9. The van der Waals surface area contributed by atoms with E-state index in [4.69, 9.17) is 11.6 Å². The van der Waals surface area contributed by atoms with Crippen LogP contribution in [0.15, 0.2) is 36.7 Å². The lowest BCUT2D eigenvalue weighted by Gasteiger charge is -2.15. The monoisotopic (exact) mass is 386 g/mol. The smallest absolute Gasteiger partial charge is 0.382 e. The topological polar surface area (TPSA) is 57.3 Å². The summed E-state index contributed by atoms with van der Waals surface area (Å²) < 4.78 is 39.3. The fraction of sp³-hybridized carbons (Fsp3) is 0.294. The van der Waals surface area contributed by atoms with Crippen LogP contribution in [-0.4, -0.2) is 43.0 Å². The van der Waals surface area contributed by atoms with Gasteiger partial charge >= 0.3 is 6.18 Å². The summed E-state index contributed by atoms with van der Waals surface area (Å²) in [6.07, 6.45) is -1.81. The molecule has 0 fully saturated rings. The molecule has 2 aromatic rings. The van der Waals surface area contributed by atoms with E-state index in [2.05, 4.69) is 15.6 Å². The Kier molecular flexibility index (Phi) is 6.44. The van der Waals surface area contributed by atoms with Crippen molar-refractivity contribution in [2.45, 2.75) is 6.18 Å². The number of hydrogen-bond acceptors (Lipinski definition) is 4. The predicted molar refractivity (Wildman–Crippen MR) is 95.7 cm³/mol. The van der Waals surface area contributed by atoms with Crippen LogP contribution >= 0.6 is 11.6 Å². The minimum atomic E-state index is -4.64. The molecule has 9 heteroatoms. The van der Waals surface area contributed by atoms with Crippen LogP contribution in [0.4, 0.5) is 24.5 Å². The zero-order chi connectivity index (χ0) is 19.3. The van der Waals surface area contributed by atoms with E-state index < -0.39 is 17.6 Å². The number of aromatic nitrogens is 1. The molecule has 0 aliphatic rings. The molecule has 2 N–H and O–H groups in total. The molecule has 0 spiro atoms. The number of amides is 1. The van der Waals surface area contributed by atoms with Crippen LogP contribution in [0.3, 0.4) is 0 Å². The molecular formula is C17H18ClF3N4O. The quantitative estimate of drug-likeness (QED) is 0.788. The van der Waals surface area contributed by atoms with Gasteiger partial charge in [0.05, 0.1) is 22.5 Å². The second-order valence-electron chi connectivity index (χ2n) is 5.83. The molecule has 0 bridgehead atoms. The number of carbonyl (C=O) groups is 1. The van der Waals surface area contributed by atoms with Crippen LogP contribution in [0.2, 0.25) is 5.02 Å². The highest BCUT2D eigenvalue weighted by Crippen LogP contribution is 2.36. The first-order chi connectivity index (χ1) is 12.2. The van der Waals surface area contributed by atoms with Crippen LogP contribution in [0.25, 0.3) is 0 Å². The summed E-state index contributed by atoms with van der Waals surface area (Å²) >= 11 is 5.63. The van der Waals surface area contributed by atoms with Gasteiger partial charge in [0.1, 0.15) is 0 Å². The van der Waals surface area contributed by atoms with Crippen molar-refractivity contribution in [1.82, 2.24) is 9.88 Å². The van der Waals surface area contributed by atoms with Gasteiger partial charge in [0.2, 0.25) is 0 Å². The van der Waals surface area contributed by atoms with E-state index in [9.17, 15) is 18.0 Å². The number of benzene rings is 1. The van der Waals surface area contributed by atoms with Crippen molar-refractivity contribution in [3.8, 4) is 0 Å². The van der Waals surface area contributed by atoms with E-state index in [1.54, 1.807) is 0 Å². The van der Waals surface area contributed by atoms with Crippen LogP contribution in [0, 0.1) is 0 Å². The minimum absolute atomic E-state index is 0.0657. The van der Waals surface area contributed by atoms with Gasteiger partial charge in [-0.1, -0.05) is 11.6 Å². The van der Waals surface area contributed by atoms with Crippen molar-refractivity contribution < 1.29 is 18.0 Å². The van der Waals surface area contributed by atoms with Crippen LogP contribution in [0.1, 0.15) is 15.9 Å². The number of nitrogens with one attached hydrogen (secondary N) is 2. The molecule has 0 aliphatic carbocycles. The molecule has 0 atom stereocenters. The molecule has 0 saturated heterocycles. The largest absolute Gasteiger partial charge is 0.418 e. The Bertz CT molecular complexity index is 781. The zero-order valence-electron chi connectivity index (χ0n) is 14.2. The first-order valence-corrected chi connectivity index (χ1v) is 8.06. The first-order valence-electron chi connectivity index (χ1n) is 7.68. The lowest BCUT2D eigenvalue weighted by Crippen LogP contribution is -2.21. The van der Waals surface area contributed by atoms with Crippen LogP contribution in [-0.2, 0) is 6.18 Å². The number of anilines is 2. The third-order valence-electron chi connectivity index (χ3n) is 3.42. The van der Waals surface area contributed by atoms with E-state index in [0.717, 1.165) is 18.7 Å². The molecule has 0 saturated carbocycles. The molecule has 2 rings (SSSR count). The molecule has 140 valence electrons. The maximum absolute atomic E-state index is 13.1. The standard InChI is InChI=1S/C17H18ClF3N4O/c1-25(2)6-5-23-13-7-11(9-22-10-13)16(26)24-15-4-3-12(18)8-14(15)17(19,20)21/h3-4,7-10,23H,5-6H2,1-2H3,(H,24,26). The van der Waals surface area contributed by atoms with E-state index in [-0.39, 0.29) is 16.3 Å². The summed E-state index contributed by atoms with van der Waals surface area (Å²) in [4.78, 5) is 18.3. The maximum atomic E-state index is 13.1. The molecule has 5 nitrogen and oxygen atoms in total. The summed E-state index contributed by atoms with van der Waals surface area (Å²) in [5.74, 6) is -0.693.